The number of nitro benzene ring substituents is 1. The number of non-ortho nitro benzene ring substituents is 1. The lowest BCUT2D eigenvalue weighted by molar-refractivity contribution is -0.384. The zero-order valence-electron chi connectivity index (χ0n) is 10.7. The van der Waals surface area contributed by atoms with Crippen LogP contribution < -0.4 is 5.32 Å². The van der Waals surface area contributed by atoms with Gasteiger partial charge in [0.2, 0.25) is 5.91 Å². The molecule has 0 spiro atoms. The van der Waals surface area contributed by atoms with E-state index in [9.17, 15) is 14.9 Å². The molecule has 0 saturated heterocycles. The zero-order valence-corrected chi connectivity index (χ0v) is 10.7. The summed E-state index contributed by atoms with van der Waals surface area (Å²) in [4.78, 5) is 28.9. The van der Waals surface area contributed by atoms with Gasteiger partial charge in [0.25, 0.3) is 5.69 Å². The van der Waals surface area contributed by atoms with E-state index in [0.29, 0.717) is 18.5 Å². The summed E-state index contributed by atoms with van der Waals surface area (Å²) in [6.45, 7) is 0.473. The van der Waals surface area contributed by atoms with Crippen molar-refractivity contribution in [1.82, 2.24) is 15.3 Å². The first-order valence-electron chi connectivity index (χ1n) is 6.13. The third-order valence-electron chi connectivity index (χ3n) is 2.72. The summed E-state index contributed by atoms with van der Waals surface area (Å²) in [6.07, 6.45) is 4.12. The number of H-pyrrole nitrogens is 1. The normalized spacial score (nSPS) is 10.2. The van der Waals surface area contributed by atoms with Crippen molar-refractivity contribution in [3.05, 3.63) is 58.2 Å². The van der Waals surface area contributed by atoms with Gasteiger partial charge in [0.05, 0.1) is 11.3 Å². The molecular formula is C13H14N4O3. The van der Waals surface area contributed by atoms with Crippen LogP contribution in [0.3, 0.4) is 0 Å². The average Bonchev–Trinajstić information content (AvgIpc) is 2.92. The summed E-state index contributed by atoms with van der Waals surface area (Å²) in [5, 5.41) is 13.4. The number of nitro groups is 1. The quantitative estimate of drug-likeness (QED) is 0.610. The largest absolute Gasteiger partial charge is 0.355 e. The molecule has 0 atom stereocenters. The maximum Gasteiger partial charge on any atom is 0.269 e. The van der Waals surface area contributed by atoms with Crippen LogP contribution in [0.5, 0.6) is 0 Å². The smallest absolute Gasteiger partial charge is 0.269 e. The second-order valence-electron chi connectivity index (χ2n) is 4.24. The molecular weight excluding hydrogens is 260 g/mol. The molecule has 0 aliphatic carbocycles. The predicted molar refractivity (Wildman–Crippen MR) is 72.1 cm³/mol. The lowest BCUT2D eigenvalue weighted by Gasteiger charge is -2.04. The molecule has 2 aromatic rings. The molecule has 2 N–H and O–H groups in total. The highest BCUT2D eigenvalue weighted by molar-refractivity contribution is 5.78. The summed E-state index contributed by atoms with van der Waals surface area (Å²) in [5.74, 6) is 0.637. The molecule has 0 bridgehead atoms. The van der Waals surface area contributed by atoms with Gasteiger partial charge in [0, 0.05) is 37.5 Å². The first-order chi connectivity index (χ1) is 9.65. The number of carbonyl (C=O) groups is 1. The minimum absolute atomic E-state index is 0.00844. The molecule has 0 saturated carbocycles. The Morgan fingerprint density at radius 2 is 2.30 bits per heavy atom. The van der Waals surface area contributed by atoms with Gasteiger partial charge in [-0.25, -0.2) is 4.98 Å². The van der Waals surface area contributed by atoms with Crippen LogP contribution in [0.25, 0.3) is 0 Å². The second kappa shape index (κ2) is 6.46. The number of hydrogen-bond donors (Lipinski definition) is 2. The Hall–Kier alpha value is -2.70. The van der Waals surface area contributed by atoms with Gasteiger partial charge >= 0.3 is 0 Å². The number of nitrogens with one attached hydrogen (secondary N) is 2. The fourth-order valence-electron chi connectivity index (χ4n) is 1.78. The molecule has 0 radical (unpaired) electrons. The number of carbonyl (C=O) groups excluding carboxylic acids is 1. The molecule has 1 amide bonds. The van der Waals surface area contributed by atoms with Crippen molar-refractivity contribution >= 4 is 11.6 Å². The highest BCUT2D eigenvalue weighted by atomic mass is 16.6. The minimum atomic E-state index is -0.474. The molecule has 104 valence electrons. The molecule has 0 unspecified atom stereocenters. The predicted octanol–water partition coefficient (Wildman–Crippen LogP) is 1.22. The number of aromatic nitrogens is 2. The Balaban J connectivity index is 1.82. The van der Waals surface area contributed by atoms with E-state index in [0.717, 1.165) is 5.82 Å². The number of hydrogen-bond acceptors (Lipinski definition) is 4. The first kappa shape index (κ1) is 13.7. The molecule has 7 nitrogen and oxygen atoms in total. The van der Waals surface area contributed by atoms with Crippen molar-refractivity contribution < 1.29 is 9.72 Å². The Morgan fingerprint density at radius 3 is 3.00 bits per heavy atom. The molecule has 1 aromatic heterocycles. The van der Waals surface area contributed by atoms with E-state index in [1.807, 2.05) is 0 Å². The molecule has 1 heterocycles. The maximum absolute atomic E-state index is 11.7. The van der Waals surface area contributed by atoms with Crippen molar-refractivity contribution in [2.45, 2.75) is 12.8 Å². The van der Waals surface area contributed by atoms with E-state index in [4.69, 9.17) is 0 Å². The van der Waals surface area contributed by atoms with Crippen LogP contribution in [0, 0.1) is 10.1 Å². The molecule has 0 aliphatic rings. The zero-order chi connectivity index (χ0) is 14.4. The Kier molecular flexibility index (Phi) is 4.43. The molecule has 7 heteroatoms. The number of rotatable bonds is 6. The molecule has 0 aliphatic heterocycles. The van der Waals surface area contributed by atoms with Crippen molar-refractivity contribution in [2.24, 2.45) is 0 Å². The Morgan fingerprint density at radius 1 is 1.45 bits per heavy atom. The van der Waals surface area contributed by atoms with Crippen LogP contribution in [-0.2, 0) is 17.6 Å². The SMILES string of the molecule is O=C(Cc1cccc([N+](=O)[O-])c1)NCCc1ncc[nH]1. The van der Waals surface area contributed by atoms with Gasteiger partial charge in [0.1, 0.15) is 5.82 Å². The monoisotopic (exact) mass is 274 g/mol. The van der Waals surface area contributed by atoms with Gasteiger partial charge in [-0.2, -0.15) is 0 Å². The number of imidazole rings is 1. The maximum atomic E-state index is 11.7. The van der Waals surface area contributed by atoms with Crippen LogP contribution >= 0.6 is 0 Å². The highest BCUT2D eigenvalue weighted by Gasteiger charge is 2.08. The van der Waals surface area contributed by atoms with Crippen LogP contribution in [0.4, 0.5) is 5.69 Å². The number of aromatic amines is 1. The fourth-order valence-corrected chi connectivity index (χ4v) is 1.78. The second-order valence-corrected chi connectivity index (χ2v) is 4.24. The van der Waals surface area contributed by atoms with Gasteiger partial charge < -0.3 is 10.3 Å². The molecule has 1 aromatic carbocycles. The van der Waals surface area contributed by atoms with E-state index in [2.05, 4.69) is 15.3 Å². The molecule has 0 fully saturated rings. The summed E-state index contributed by atoms with van der Waals surface area (Å²) < 4.78 is 0. The topological polar surface area (TPSA) is 101 Å². The standard InChI is InChI=1S/C13H14N4O3/c18-13(16-5-4-12-14-6-7-15-12)9-10-2-1-3-11(8-10)17(19)20/h1-3,6-8H,4-5,9H2,(H,14,15)(H,16,18). The van der Waals surface area contributed by atoms with E-state index < -0.39 is 4.92 Å². The number of benzene rings is 1. The number of nitrogens with zero attached hydrogens (tertiary/aromatic N) is 2. The third-order valence-corrected chi connectivity index (χ3v) is 2.72. The highest BCUT2D eigenvalue weighted by Crippen LogP contribution is 2.13. The van der Waals surface area contributed by atoms with Gasteiger partial charge in [-0.05, 0) is 5.56 Å². The van der Waals surface area contributed by atoms with Crippen molar-refractivity contribution in [2.75, 3.05) is 6.54 Å². The summed E-state index contributed by atoms with van der Waals surface area (Å²) in [7, 11) is 0. The van der Waals surface area contributed by atoms with E-state index in [1.165, 1.54) is 12.1 Å². The van der Waals surface area contributed by atoms with Gasteiger partial charge in [-0.15, -0.1) is 0 Å². The Labute approximate surface area is 115 Å². The lowest BCUT2D eigenvalue weighted by atomic mass is 10.1. The minimum Gasteiger partial charge on any atom is -0.355 e. The van der Waals surface area contributed by atoms with Gasteiger partial charge in [0.15, 0.2) is 0 Å². The fraction of sp³-hybridized carbons (Fsp3) is 0.231. The van der Waals surface area contributed by atoms with Crippen molar-refractivity contribution in [1.29, 1.82) is 0 Å². The summed E-state index contributed by atoms with van der Waals surface area (Å²) in [5.41, 5.74) is 0.612. The van der Waals surface area contributed by atoms with Gasteiger partial charge in [-0.1, -0.05) is 12.1 Å². The first-order valence-corrected chi connectivity index (χ1v) is 6.13. The van der Waals surface area contributed by atoms with Crippen molar-refractivity contribution in [3.8, 4) is 0 Å². The Bertz CT molecular complexity index is 595. The van der Waals surface area contributed by atoms with E-state index in [1.54, 1.807) is 24.5 Å². The molecule has 2 rings (SSSR count). The third kappa shape index (κ3) is 3.91. The number of amides is 1. The van der Waals surface area contributed by atoms with Crippen LogP contribution in [-0.4, -0.2) is 27.3 Å². The average molecular weight is 274 g/mol. The van der Waals surface area contributed by atoms with Crippen LogP contribution in [0.2, 0.25) is 0 Å². The van der Waals surface area contributed by atoms with Crippen molar-refractivity contribution in [3.63, 3.8) is 0 Å². The van der Waals surface area contributed by atoms with E-state index >= 15 is 0 Å². The summed E-state index contributed by atoms with van der Waals surface area (Å²) >= 11 is 0. The van der Waals surface area contributed by atoms with Crippen LogP contribution in [0.15, 0.2) is 36.7 Å². The molecule has 20 heavy (non-hydrogen) atoms. The summed E-state index contributed by atoms with van der Waals surface area (Å²) in [6, 6.07) is 6.08. The van der Waals surface area contributed by atoms with Gasteiger partial charge in [-0.3, -0.25) is 14.9 Å². The van der Waals surface area contributed by atoms with E-state index in [-0.39, 0.29) is 18.0 Å². The lowest BCUT2D eigenvalue weighted by Crippen LogP contribution is -2.27. The van der Waals surface area contributed by atoms with Crippen LogP contribution in [0.1, 0.15) is 11.4 Å².